The number of carbonyl (C=O) groups excluding carboxylic acids is 1. The van der Waals surface area contributed by atoms with Crippen LogP contribution in [0.4, 0.5) is 0 Å². The van der Waals surface area contributed by atoms with Crippen LogP contribution in [0.5, 0.6) is 5.75 Å². The predicted octanol–water partition coefficient (Wildman–Crippen LogP) is 4.33. The van der Waals surface area contributed by atoms with Crippen molar-refractivity contribution in [2.75, 3.05) is 13.2 Å². The van der Waals surface area contributed by atoms with Gasteiger partial charge in [0, 0.05) is 13.0 Å². The molecule has 2 aromatic carbocycles. The van der Waals surface area contributed by atoms with Gasteiger partial charge in [0.25, 0.3) is 0 Å². The maximum absolute atomic E-state index is 12.5. The SMILES string of the molecule is CCN(C(=O)CCCOc1ccccc1)C(C)c1ccc(C#N)cc1. The average Bonchev–Trinajstić information content (AvgIpc) is 2.66. The first-order chi connectivity index (χ1) is 12.2. The van der Waals surface area contributed by atoms with Crippen LogP contribution in [0, 0.1) is 11.3 Å². The topological polar surface area (TPSA) is 53.3 Å². The summed E-state index contributed by atoms with van der Waals surface area (Å²) in [7, 11) is 0. The van der Waals surface area contributed by atoms with E-state index in [1.807, 2.05) is 61.2 Å². The summed E-state index contributed by atoms with van der Waals surface area (Å²) in [4.78, 5) is 14.4. The van der Waals surface area contributed by atoms with E-state index in [-0.39, 0.29) is 11.9 Å². The fourth-order valence-corrected chi connectivity index (χ4v) is 2.76. The second kappa shape index (κ2) is 9.48. The maximum atomic E-state index is 12.5. The lowest BCUT2D eigenvalue weighted by Crippen LogP contribution is -2.33. The third kappa shape index (κ3) is 5.36. The highest BCUT2D eigenvalue weighted by molar-refractivity contribution is 5.76. The van der Waals surface area contributed by atoms with E-state index in [9.17, 15) is 4.79 Å². The summed E-state index contributed by atoms with van der Waals surface area (Å²) in [5.41, 5.74) is 1.66. The fraction of sp³-hybridized carbons (Fsp3) is 0.333. The Morgan fingerprint density at radius 1 is 1.16 bits per heavy atom. The molecule has 130 valence electrons. The van der Waals surface area contributed by atoms with Crippen LogP contribution >= 0.6 is 0 Å². The zero-order valence-corrected chi connectivity index (χ0v) is 14.8. The number of nitriles is 1. The molecule has 0 aliphatic heterocycles. The Bertz CT molecular complexity index is 705. The molecule has 4 heteroatoms. The van der Waals surface area contributed by atoms with Crippen molar-refractivity contribution >= 4 is 5.91 Å². The minimum Gasteiger partial charge on any atom is -0.494 e. The lowest BCUT2D eigenvalue weighted by atomic mass is 10.0. The van der Waals surface area contributed by atoms with Crippen molar-refractivity contribution < 1.29 is 9.53 Å². The van der Waals surface area contributed by atoms with Gasteiger partial charge >= 0.3 is 0 Å². The summed E-state index contributed by atoms with van der Waals surface area (Å²) >= 11 is 0. The van der Waals surface area contributed by atoms with E-state index in [0.29, 0.717) is 31.6 Å². The van der Waals surface area contributed by atoms with Gasteiger partial charge in [-0.3, -0.25) is 4.79 Å². The molecule has 0 spiro atoms. The van der Waals surface area contributed by atoms with Crippen LogP contribution < -0.4 is 4.74 Å². The smallest absolute Gasteiger partial charge is 0.223 e. The zero-order chi connectivity index (χ0) is 18.1. The molecule has 0 radical (unpaired) electrons. The number of carbonyl (C=O) groups is 1. The molecule has 0 bridgehead atoms. The third-order valence-corrected chi connectivity index (χ3v) is 4.20. The van der Waals surface area contributed by atoms with Crippen LogP contribution in [-0.2, 0) is 4.79 Å². The Morgan fingerprint density at radius 3 is 2.44 bits per heavy atom. The molecule has 1 atom stereocenters. The number of hydrogen-bond donors (Lipinski definition) is 0. The molecule has 0 N–H and O–H groups in total. The molecule has 2 aromatic rings. The van der Waals surface area contributed by atoms with Crippen molar-refractivity contribution in [2.45, 2.75) is 32.7 Å². The Hall–Kier alpha value is -2.80. The average molecular weight is 336 g/mol. The van der Waals surface area contributed by atoms with Crippen LogP contribution in [-0.4, -0.2) is 24.0 Å². The van der Waals surface area contributed by atoms with Gasteiger partial charge in [0.2, 0.25) is 5.91 Å². The van der Waals surface area contributed by atoms with Crippen molar-refractivity contribution in [3.8, 4) is 11.8 Å². The molecule has 1 amide bonds. The highest BCUT2D eigenvalue weighted by Crippen LogP contribution is 2.21. The third-order valence-electron chi connectivity index (χ3n) is 4.20. The molecule has 0 fully saturated rings. The first-order valence-electron chi connectivity index (χ1n) is 8.63. The van der Waals surface area contributed by atoms with Gasteiger partial charge in [-0.2, -0.15) is 5.26 Å². The van der Waals surface area contributed by atoms with E-state index in [0.717, 1.165) is 11.3 Å². The fourth-order valence-electron chi connectivity index (χ4n) is 2.76. The van der Waals surface area contributed by atoms with Crippen molar-refractivity contribution in [1.82, 2.24) is 4.90 Å². The first kappa shape index (κ1) is 18.5. The van der Waals surface area contributed by atoms with Gasteiger partial charge < -0.3 is 9.64 Å². The second-order valence-corrected chi connectivity index (χ2v) is 5.85. The lowest BCUT2D eigenvalue weighted by molar-refractivity contribution is -0.133. The molecule has 1 unspecified atom stereocenters. The molecule has 2 rings (SSSR count). The number of para-hydroxylation sites is 1. The molecular weight excluding hydrogens is 312 g/mol. The molecule has 25 heavy (non-hydrogen) atoms. The first-order valence-corrected chi connectivity index (χ1v) is 8.63. The van der Waals surface area contributed by atoms with Gasteiger partial charge in [-0.05, 0) is 50.1 Å². The number of benzene rings is 2. The largest absolute Gasteiger partial charge is 0.494 e. The Balaban J connectivity index is 1.85. The van der Waals surface area contributed by atoms with Gasteiger partial charge in [-0.25, -0.2) is 0 Å². The van der Waals surface area contributed by atoms with Gasteiger partial charge in [0.05, 0.1) is 24.3 Å². The summed E-state index contributed by atoms with van der Waals surface area (Å²) in [5, 5.41) is 8.89. The lowest BCUT2D eigenvalue weighted by Gasteiger charge is -2.28. The molecule has 0 aliphatic carbocycles. The molecule has 0 saturated heterocycles. The quantitative estimate of drug-likeness (QED) is 0.674. The van der Waals surface area contributed by atoms with E-state index in [2.05, 4.69) is 6.07 Å². The zero-order valence-electron chi connectivity index (χ0n) is 14.8. The number of ether oxygens (including phenoxy) is 1. The number of amides is 1. The van der Waals surface area contributed by atoms with Crippen molar-refractivity contribution in [1.29, 1.82) is 5.26 Å². The molecular formula is C21H24N2O2. The van der Waals surface area contributed by atoms with Crippen LogP contribution in [0.1, 0.15) is 43.9 Å². The molecule has 0 aliphatic rings. The summed E-state index contributed by atoms with van der Waals surface area (Å²) in [6.07, 6.45) is 1.14. The Labute approximate surface area is 149 Å². The summed E-state index contributed by atoms with van der Waals surface area (Å²) < 4.78 is 5.64. The minimum absolute atomic E-state index is 0.0136. The van der Waals surface area contributed by atoms with E-state index in [1.165, 1.54) is 0 Å². The number of nitrogens with zero attached hydrogens (tertiary/aromatic N) is 2. The molecule has 0 aromatic heterocycles. The highest BCUT2D eigenvalue weighted by atomic mass is 16.5. The van der Waals surface area contributed by atoms with Crippen molar-refractivity contribution in [3.05, 3.63) is 65.7 Å². The van der Waals surface area contributed by atoms with Crippen molar-refractivity contribution in [2.24, 2.45) is 0 Å². The van der Waals surface area contributed by atoms with Gasteiger partial charge in [-0.1, -0.05) is 30.3 Å². The highest BCUT2D eigenvalue weighted by Gasteiger charge is 2.19. The summed E-state index contributed by atoms with van der Waals surface area (Å²) in [5.74, 6) is 0.948. The molecule has 0 heterocycles. The van der Waals surface area contributed by atoms with Crippen molar-refractivity contribution in [3.63, 3.8) is 0 Å². The van der Waals surface area contributed by atoms with E-state index in [4.69, 9.17) is 10.00 Å². The van der Waals surface area contributed by atoms with Gasteiger partial charge in [0.15, 0.2) is 0 Å². The van der Waals surface area contributed by atoms with Crippen LogP contribution in [0.3, 0.4) is 0 Å². The number of hydrogen-bond acceptors (Lipinski definition) is 3. The molecule has 0 saturated carbocycles. The number of rotatable bonds is 8. The standard InChI is InChI=1S/C21H24N2O2/c1-3-23(17(2)19-13-11-18(16-22)12-14-19)21(24)10-7-15-25-20-8-5-4-6-9-20/h4-6,8-9,11-14,17H,3,7,10,15H2,1-2H3. The minimum atomic E-state index is -0.0136. The Morgan fingerprint density at radius 2 is 1.84 bits per heavy atom. The van der Waals surface area contributed by atoms with Gasteiger partial charge in [0.1, 0.15) is 5.75 Å². The van der Waals surface area contributed by atoms with E-state index < -0.39 is 0 Å². The van der Waals surface area contributed by atoms with E-state index >= 15 is 0 Å². The molecule has 4 nitrogen and oxygen atoms in total. The maximum Gasteiger partial charge on any atom is 0.223 e. The van der Waals surface area contributed by atoms with Gasteiger partial charge in [-0.15, -0.1) is 0 Å². The Kier molecular flexibility index (Phi) is 7.03. The van der Waals surface area contributed by atoms with Crippen LogP contribution in [0.2, 0.25) is 0 Å². The monoisotopic (exact) mass is 336 g/mol. The summed E-state index contributed by atoms with van der Waals surface area (Å²) in [6.45, 7) is 5.18. The van der Waals surface area contributed by atoms with E-state index in [1.54, 1.807) is 12.1 Å². The van der Waals surface area contributed by atoms with Crippen LogP contribution in [0.25, 0.3) is 0 Å². The van der Waals surface area contributed by atoms with Crippen LogP contribution in [0.15, 0.2) is 54.6 Å². The normalized spacial score (nSPS) is 11.4. The second-order valence-electron chi connectivity index (χ2n) is 5.85. The summed E-state index contributed by atoms with van der Waals surface area (Å²) in [6, 6.07) is 19.1. The predicted molar refractivity (Wildman–Crippen MR) is 98.1 cm³/mol.